The molecule has 2 atom stereocenters. The maximum Gasteiger partial charge on any atom is 0.133 e. The lowest BCUT2D eigenvalue weighted by atomic mass is 9.95. The van der Waals surface area contributed by atoms with Crippen molar-refractivity contribution in [1.82, 2.24) is 0 Å². The Morgan fingerprint density at radius 3 is 2.39 bits per heavy atom. The van der Waals surface area contributed by atoms with Crippen LogP contribution in [0.2, 0.25) is 0 Å². The van der Waals surface area contributed by atoms with E-state index in [0.717, 1.165) is 13.6 Å². The molecule has 3 nitrogen and oxygen atoms in total. The van der Waals surface area contributed by atoms with E-state index in [9.17, 15) is 10.2 Å². The number of rotatable bonds is 5. The zero-order valence-corrected chi connectivity index (χ0v) is 14.8. The number of hydrogen-bond acceptors (Lipinski definition) is 3. The van der Waals surface area contributed by atoms with E-state index in [1.165, 1.54) is 0 Å². The topological polar surface area (TPSA) is 66.5 Å². The molecule has 0 radical (unpaired) electrons. The summed E-state index contributed by atoms with van der Waals surface area (Å²) in [5.74, 6) is 0.726. The summed E-state index contributed by atoms with van der Waals surface area (Å²) in [6.45, 7) is 4.23. The summed E-state index contributed by atoms with van der Waals surface area (Å²) in [5.41, 5.74) is 6.67. The van der Waals surface area contributed by atoms with E-state index in [1.807, 2.05) is 12.1 Å². The average Bonchev–Trinajstić information content (AvgIpc) is 2.29. The van der Waals surface area contributed by atoms with Crippen LogP contribution >= 0.6 is 45.2 Å². The number of phenols is 1. The van der Waals surface area contributed by atoms with Gasteiger partial charge in [-0.3, -0.25) is 0 Å². The maximum absolute atomic E-state index is 10.1. The molecule has 5 heteroatoms. The molecule has 1 aromatic carbocycles. The Hall–Kier alpha value is 0.400. The Labute approximate surface area is 135 Å². The van der Waals surface area contributed by atoms with Crippen molar-refractivity contribution in [1.29, 1.82) is 0 Å². The van der Waals surface area contributed by atoms with Gasteiger partial charge in [-0.15, -0.1) is 0 Å². The van der Waals surface area contributed by atoms with Crippen molar-refractivity contribution >= 4 is 45.2 Å². The fraction of sp³-hybridized carbons (Fsp3) is 0.538. The molecule has 0 saturated heterocycles. The van der Waals surface area contributed by atoms with E-state index in [4.69, 9.17) is 5.73 Å². The highest BCUT2D eigenvalue weighted by Crippen LogP contribution is 2.32. The van der Waals surface area contributed by atoms with Gasteiger partial charge < -0.3 is 15.9 Å². The van der Waals surface area contributed by atoms with Crippen LogP contribution in [0.15, 0.2) is 12.1 Å². The molecular formula is C13H19I2NO2. The summed E-state index contributed by atoms with van der Waals surface area (Å²) >= 11 is 4.26. The molecule has 0 fully saturated rings. The number of aliphatic hydroxyl groups is 1. The first-order valence-electron chi connectivity index (χ1n) is 5.94. The van der Waals surface area contributed by atoms with Gasteiger partial charge in [0.05, 0.1) is 15.7 Å². The third-order valence-corrected chi connectivity index (χ3v) is 4.32. The van der Waals surface area contributed by atoms with E-state index < -0.39 is 12.1 Å². The van der Waals surface area contributed by atoms with Gasteiger partial charge in [-0.25, -0.2) is 0 Å². The Morgan fingerprint density at radius 1 is 1.22 bits per heavy atom. The van der Waals surface area contributed by atoms with E-state index in [-0.39, 0.29) is 5.75 Å². The molecule has 0 spiro atoms. The number of phenolic OH excluding ortho intramolecular Hbond substituents is 1. The van der Waals surface area contributed by atoms with Crippen LogP contribution in [0.4, 0.5) is 0 Å². The highest BCUT2D eigenvalue weighted by molar-refractivity contribution is 14.1. The number of hydrogen-bond donors (Lipinski definition) is 3. The van der Waals surface area contributed by atoms with Gasteiger partial charge in [0.25, 0.3) is 0 Å². The maximum atomic E-state index is 10.1. The lowest BCUT2D eigenvalue weighted by Gasteiger charge is -2.21. The molecule has 0 aromatic heterocycles. The summed E-state index contributed by atoms with van der Waals surface area (Å²) in [7, 11) is 0. The highest BCUT2D eigenvalue weighted by atomic mass is 127. The highest BCUT2D eigenvalue weighted by Gasteiger charge is 2.21. The zero-order chi connectivity index (χ0) is 13.9. The minimum absolute atomic E-state index is 0.187. The summed E-state index contributed by atoms with van der Waals surface area (Å²) in [6, 6.07) is 3.18. The molecule has 0 bridgehead atoms. The van der Waals surface area contributed by atoms with E-state index in [1.54, 1.807) is 0 Å². The van der Waals surface area contributed by atoms with E-state index in [0.29, 0.717) is 17.9 Å². The lowest BCUT2D eigenvalue weighted by Crippen LogP contribution is -2.26. The third-order valence-electron chi connectivity index (χ3n) is 2.87. The smallest absolute Gasteiger partial charge is 0.133 e. The normalized spacial score (nSPS) is 14.8. The van der Waals surface area contributed by atoms with Crippen LogP contribution in [0.3, 0.4) is 0 Å². The monoisotopic (exact) mass is 475 g/mol. The van der Waals surface area contributed by atoms with Gasteiger partial charge in [0.15, 0.2) is 0 Å². The van der Waals surface area contributed by atoms with Crippen LogP contribution in [0.25, 0.3) is 0 Å². The molecule has 102 valence electrons. The summed E-state index contributed by atoms with van der Waals surface area (Å²) in [5, 5.41) is 20.1. The van der Waals surface area contributed by atoms with Crippen molar-refractivity contribution in [2.75, 3.05) is 0 Å². The molecule has 18 heavy (non-hydrogen) atoms. The first kappa shape index (κ1) is 16.5. The first-order valence-corrected chi connectivity index (χ1v) is 8.10. The average molecular weight is 475 g/mol. The summed E-state index contributed by atoms with van der Waals surface area (Å²) in [4.78, 5) is 0. The predicted molar refractivity (Wildman–Crippen MR) is 90.5 cm³/mol. The van der Waals surface area contributed by atoms with Crippen LogP contribution in [-0.2, 0) is 0 Å². The van der Waals surface area contributed by atoms with Crippen molar-refractivity contribution in [3.8, 4) is 5.75 Å². The number of benzene rings is 1. The van der Waals surface area contributed by atoms with Crippen LogP contribution in [0.1, 0.15) is 38.3 Å². The number of halogens is 2. The largest absolute Gasteiger partial charge is 0.506 e. The lowest BCUT2D eigenvalue weighted by molar-refractivity contribution is 0.127. The quantitative estimate of drug-likeness (QED) is 0.573. The fourth-order valence-electron chi connectivity index (χ4n) is 1.73. The van der Waals surface area contributed by atoms with Crippen molar-refractivity contribution in [2.45, 2.75) is 38.8 Å². The van der Waals surface area contributed by atoms with Crippen molar-refractivity contribution in [2.24, 2.45) is 11.7 Å². The van der Waals surface area contributed by atoms with Crippen LogP contribution < -0.4 is 5.73 Å². The molecule has 0 saturated carbocycles. The van der Waals surface area contributed by atoms with E-state index in [2.05, 4.69) is 59.0 Å². The molecular weight excluding hydrogens is 456 g/mol. The molecule has 0 aliphatic carbocycles. The van der Waals surface area contributed by atoms with E-state index >= 15 is 0 Å². The molecule has 0 heterocycles. The second-order valence-corrected chi connectivity index (χ2v) is 7.30. The number of aromatic hydroxyl groups is 1. The Bertz CT molecular complexity index is 410. The molecule has 1 aromatic rings. The second kappa shape index (κ2) is 7.25. The molecule has 0 aliphatic rings. The van der Waals surface area contributed by atoms with Gasteiger partial charge in [-0.2, -0.15) is 0 Å². The van der Waals surface area contributed by atoms with Crippen LogP contribution in [0.5, 0.6) is 5.75 Å². The van der Waals surface area contributed by atoms with Gasteiger partial charge in [-0.05, 0) is 76.1 Å². The third kappa shape index (κ3) is 4.50. The second-order valence-electron chi connectivity index (χ2n) is 4.89. The van der Waals surface area contributed by atoms with Gasteiger partial charge in [0.2, 0.25) is 0 Å². The first-order chi connectivity index (χ1) is 8.32. The Kier molecular flexibility index (Phi) is 6.63. The van der Waals surface area contributed by atoms with Gasteiger partial charge in [-0.1, -0.05) is 13.8 Å². The van der Waals surface area contributed by atoms with Crippen LogP contribution in [0, 0.1) is 13.1 Å². The fourth-order valence-corrected chi connectivity index (χ4v) is 3.62. The standard InChI is InChI=1S/C13H19I2NO2/c1-7(2)3-4-11(17)12(16)9-5-8(14)6-10(15)13(9)18/h5-7,11-12,17-18H,3-4,16H2,1-2H3/t11-,12+/m0/s1. The Balaban J connectivity index is 2.86. The minimum atomic E-state index is -0.618. The van der Waals surface area contributed by atoms with Crippen molar-refractivity contribution in [3.63, 3.8) is 0 Å². The summed E-state index contributed by atoms with van der Waals surface area (Å²) in [6.07, 6.45) is 0.962. The summed E-state index contributed by atoms with van der Waals surface area (Å²) < 4.78 is 1.78. The van der Waals surface area contributed by atoms with Gasteiger partial charge >= 0.3 is 0 Å². The Morgan fingerprint density at radius 2 is 1.83 bits per heavy atom. The molecule has 4 N–H and O–H groups in total. The number of nitrogens with two attached hydrogens (primary N) is 1. The van der Waals surface area contributed by atoms with Crippen LogP contribution in [-0.4, -0.2) is 16.3 Å². The molecule has 0 amide bonds. The zero-order valence-electron chi connectivity index (χ0n) is 10.5. The van der Waals surface area contributed by atoms with Gasteiger partial charge in [0.1, 0.15) is 5.75 Å². The van der Waals surface area contributed by atoms with Gasteiger partial charge in [0, 0.05) is 9.13 Å². The van der Waals surface area contributed by atoms with Crippen molar-refractivity contribution in [3.05, 3.63) is 24.8 Å². The molecule has 1 rings (SSSR count). The SMILES string of the molecule is CC(C)CC[C@H](O)[C@H](N)c1cc(I)cc(I)c1O. The molecule has 0 aliphatic heterocycles. The number of aliphatic hydroxyl groups excluding tert-OH is 1. The van der Waals surface area contributed by atoms with Crippen molar-refractivity contribution < 1.29 is 10.2 Å². The minimum Gasteiger partial charge on any atom is -0.506 e. The molecule has 0 unspecified atom stereocenters. The predicted octanol–water partition coefficient (Wildman–Crippen LogP) is 3.40.